The third-order valence-corrected chi connectivity index (χ3v) is 4.06. The Morgan fingerprint density at radius 3 is 2.74 bits per heavy atom. The monoisotopic (exact) mass is 263 g/mol. The highest BCUT2D eigenvalue weighted by atomic mass is 16.7. The fraction of sp³-hybridized carbons (Fsp3) is 0.600. The lowest BCUT2D eigenvalue weighted by Gasteiger charge is -2.33. The maximum Gasteiger partial charge on any atom is 0.231 e. The van der Waals surface area contributed by atoms with Crippen LogP contribution in [0.4, 0.5) is 0 Å². The van der Waals surface area contributed by atoms with Crippen molar-refractivity contribution < 1.29 is 14.2 Å². The minimum Gasteiger partial charge on any atom is -0.493 e. The maximum atomic E-state index is 6.39. The van der Waals surface area contributed by atoms with Crippen molar-refractivity contribution in [1.29, 1.82) is 0 Å². The second-order valence-electron chi connectivity index (χ2n) is 5.54. The molecular formula is C15H21NO3. The summed E-state index contributed by atoms with van der Waals surface area (Å²) >= 11 is 0. The van der Waals surface area contributed by atoms with E-state index in [1.165, 1.54) is 19.3 Å². The fourth-order valence-corrected chi connectivity index (χ4v) is 2.84. The van der Waals surface area contributed by atoms with E-state index in [1.54, 1.807) is 0 Å². The number of benzene rings is 1. The van der Waals surface area contributed by atoms with E-state index in [1.807, 2.05) is 18.2 Å². The molecule has 19 heavy (non-hydrogen) atoms. The second-order valence-corrected chi connectivity index (χ2v) is 5.54. The molecule has 1 fully saturated rings. The zero-order valence-corrected chi connectivity index (χ0v) is 11.2. The molecule has 4 heteroatoms. The molecule has 2 N–H and O–H groups in total. The zero-order chi connectivity index (χ0) is 13.1. The van der Waals surface area contributed by atoms with Crippen LogP contribution in [0.15, 0.2) is 18.2 Å². The lowest BCUT2D eigenvalue weighted by molar-refractivity contribution is 0.173. The normalized spacial score (nSPS) is 20.3. The second kappa shape index (κ2) is 5.29. The highest BCUT2D eigenvalue weighted by Gasteiger charge is 2.27. The molecule has 0 atom stereocenters. The highest BCUT2D eigenvalue weighted by molar-refractivity contribution is 5.46. The van der Waals surface area contributed by atoms with Gasteiger partial charge in [-0.25, -0.2) is 0 Å². The molecule has 2 aliphatic rings. The zero-order valence-electron chi connectivity index (χ0n) is 11.2. The lowest BCUT2D eigenvalue weighted by Crippen LogP contribution is -2.42. The standard InChI is InChI=1S/C15H21NO3/c16-15(6-2-1-3-7-15)8-9-17-12-4-5-13-14(10-12)19-11-18-13/h4-5,10H,1-3,6-9,11,16H2. The van der Waals surface area contributed by atoms with Crippen LogP contribution in [-0.2, 0) is 0 Å². The van der Waals surface area contributed by atoms with Crippen LogP contribution < -0.4 is 19.9 Å². The summed E-state index contributed by atoms with van der Waals surface area (Å²) in [5.41, 5.74) is 6.37. The van der Waals surface area contributed by atoms with Gasteiger partial charge in [0.1, 0.15) is 5.75 Å². The molecule has 1 saturated carbocycles. The third kappa shape index (κ3) is 2.95. The molecule has 0 unspecified atom stereocenters. The van der Waals surface area contributed by atoms with E-state index in [0.717, 1.165) is 36.5 Å². The Labute approximate surface area is 113 Å². The van der Waals surface area contributed by atoms with Gasteiger partial charge in [-0.05, 0) is 31.4 Å². The Morgan fingerprint density at radius 2 is 1.89 bits per heavy atom. The van der Waals surface area contributed by atoms with Crippen molar-refractivity contribution in [3.8, 4) is 17.2 Å². The summed E-state index contributed by atoms with van der Waals surface area (Å²) in [7, 11) is 0. The molecule has 1 heterocycles. The Hall–Kier alpha value is -1.42. The van der Waals surface area contributed by atoms with E-state index in [9.17, 15) is 0 Å². The third-order valence-electron chi connectivity index (χ3n) is 4.06. The molecule has 0 radical (unpaired) electrons. The van der Waals surface area contributed by atoms with Crippen LogP contribution in [0.2, 0.25) is 0 Å². The van der Waals surface area contributed by atoms with Gasteiger partial charge in [-0.1, -0.05) is 19.3 Å². The average Bonchev–Trinajstić information content (AvgIpc) is 2.87. The summed E-state index contributed by atoms with van der Waals surface area (Å²) in [4.78, 5) is 0. The fourth-order valence-electron chi connectivity index (χ4n) is 2.84. The predicted octanol–water partition coefficient (Wildman–Crippen LogP) is 2.85. The molecule has 0 bridgehead atoms. The number of rotatable bonds is 4. The van der Waals surface area contributed by atoms with E-state index in [4.69, 9.17) is 19.9 Å². The molecule has 1 aliphatic heterocycles. The van der Waals surface area contributed by atoms with Crippen LogP contribution in [0, 0.1) is 0 Å². The molecular weight excluding hydrogens is 242 g/mol. The van der Waals surface area contributed by atoms with Crippen molar-refractivity contribution in [2.24, 2.45) is 5.73 Å². The lowest BCUT2D eigenvalue weighted by atomic mass is 9.80. The Morgan fingerprint density at radius 1 is 1.11 bits per heavy atom. The largest absolute Gasteiger partial charge is 0.493 e. The van der Waals surface area contributed by atoms with Crippen LogP contribution in [0.3, 0.4) is 0 Å². The van der Waals surface area contributed by atoms with Crippen molar-refractivity contribution in [1.82, 2.24) is 0 Å². The molecule has 0 amide bonds. The minimum atomic E-state index is -0.0193. The summed E-state index contributed by atoms with van der Waals surface area (Å²) in [5.74, 6) is 2.37. The molecule has 4 nitrogen and oxygen atoms in total. The van der Waals surface area contributed by atoms with Gasteiger partial charge in [0.05, 0.1) is 6.61 Å². The van der Waals surface area contributed by atoms with Gasteiger partial charge in [0, 0.05) is 11.6 Å². The van der Waals surface area contributed by atoms with E-state index in [0.29, 0.717) is 13.4 Å². The first-order chi connectivity index (χ1) is 9.25. The Bertz CT molecular complexity index is 441. The number of hydrogen-bond acceptors (Lipinski definition) is 4. The van der Waals surface area contributed by atoms with Gasteiger partial charge in [0.15, 0.2) is 11.5 Å². The van der Waals surface area contributed by atoms with Crippen molar-refractivity contribution in [2.75, 3.05) is 13.4 Å². The smallest absolute Gasteiger partial charge is 0.231 e. The SMILES string of the molecule is NC1(CCOc2ccc3c(c2)OCO3)CCCCC1. The van der Waals surface area contributed by atoms with Gasteiger partial charge in [0.25, 0.3) is 0 Å². The van der Waals surface area contributed by atoms with E-state index in [2.05, 4.69) is 0 Å². The summed E-state index contributed by atoms with van der Waals surface area (Å²) < 4.78 is 16.4. The van der Waals surface area contributed by atoms with Crippen LogP contribution in [0.5, 0.6) is 17.2 Å². The van der Waals surface area contributed by atoms with Crippen LogP contribution in [0.1, 0.15) is 38.5 Å². The van der Waals surface area contributed by atoms with Gasteiger partial charge >= 0.3 is 0 Å². The summed E-state index contributed by atoms with van der Waals surface area (Å²) in [6.07, 6.45) is 6.99. The molecule has 3 rings (SSSR count). The topological polar surface area (TPSA) is 53.7 Å². The van der Waals surface area contributed by atoms with Crippen LogP contribution in [0.25, 0.3) is 0 Å². The quantitative estimate of drug-likeness (QED) is 0.907. The Balaban J connectivity index is 1.52. The van der Waals surface area contributed by atoms with Crippen LogP contribution >= 0.6 is 0 Å². The first kappa shape index (κ1) is 12.6. The molecule has 1 aromatic rings. The number of nitrogens with two attached hydrogens (primary N) is 1. The van der Waals surface area contributed by atoms with E-state index >= 15 is 0 Å². The minimum absolute atomic E-state index is 0.0193. The Kier molecular flexibility index (Phi) is 3.51. The maximum absolute atomic E-state index is 6.39. The number of ether oxygens (including phenoxy) is 3. The van der Waals surface area contributed by atoms with Crippen molar-refractivity contribution >= 4 is 0 Å². The molecule has 104 valence electrons. The van der Waals surface area contributed by atoms with Gasteiger partial charge in [-0.15, -0.1) is 0 Å². The average molecular weight is 263 g/mol. The van der Waals surface area contributed by atoms with E-state index in [-0.39, 0.29) is 5.54 Å². The summed E-state index contributed by atoms with van der Waals surface area (Å²) in [6, 6.07) is 5.68. The molecule has 0 saturated heterocycles. The predicted molar refractivity (Wildman–Crippen MR) is 72.7 cm³/mol. The summed E-state index contributed by atoms with van der Waals surface area (Å²) in [6.45, 7) is 0.959. The number of hydrogen-bond donors (Lipinski definition) is 1. The van der Waals surface area contributed by atoms with Crippen molar-refractivity contribution in [3.05, 3.63) is 18.2 Å². The molecule has 1 aliphatic carbocycles. The van der Waals surface area contributed by atoms with Gasteiger partial charge in [0.2, 0.25) is 6.79 Å². The van der Waals surface area contributed by atoms with Crippen LogP contribution in [-0.4, -0.2) is 18.9 Å². The van der Waals surface area contributed by atoms with Gasteiger partial charge < -0.3 is 19.9 Å². The van der Waals surface area contributed by atoms with Gasteiger partial charge in [-0.2, -0.15) is 0 Å². The van der Waals surface area contributed by atoms with Gasteiger partial charge in [-0.3, -0.25) is 0 Å². The van der Waals surface area contributed by atoms with Crippen molar-refractivity contribution in [2.45, 2.75) is 44.1 Å². The van der Waals surface area contributed by atoms with E-state index < -0.39 is 0 Å². The molecule has 0 aromatic heterocycles. The first-order valence-corrected chi connectivity index (χ1v) is 7.07. The highest BCUT2D eigenvalue weighted by Crippen LogP contribution is 2.35. The molecule has 1 aromatic carbocycles. The van der Waals surface area contributed by atoms with Crippen molar-refractivity contribution in [3.63, 3.8) is 0 Å². The molecule has 0 spiro atoms. The first-order valence-electron chi connectivity index (χ1n) is 7.07. The number of fused-ring (bicyclic) bond motifs is 1. The summed E-state index contributed by atoms with van der Waals surface area (Å²) in [5, 5.41) is 0.